The molecule has 1 aromatic heterocycles. The van der Waals surface area contributed by atoms with Crippen LogP contribution in [-0.2, 0) is 24.1 Å². The highest BCUT2D eigenvalue weighted by Crippen LogP contribution is 2.24. The van der Waals surface area contributed by atoms with Crippen molar-refractivity contribution in [3.05, 3.63) is 76.4 Å². The summed E-state index contributed by atoms with van der Waals surface area (Å²) < 4.78 is 23.3. The normalized spacial score (nSPS) is 14.1. The van der Waals surface area contributed by atoms with Crippen molar-refractivity contribution in [1.82, 2.24) is 15.5 Å². The van der Waals surface area contributed by atoms with Gasteiger partial charge in [0, 0.05) is 6.42 Å². The maximum atomic E-state index is 13.0. The van der Waals surface area contributed by atoms with Gasteiger partial charge < -0.3 is 10.1 Å². The van der Waals surface area contributed by atoms with Crippen molar-refractivity contribution in [2.75, 3.05) is 6.61 Å². The Balaban J connectivity index is 1.27. The standard InChI is InChI=1S/C23H24FN3O3/c1-15(18-9-8-17-4-2-3-5-19(17)13-18)25-22(28)14-29-23-26-21(27-30-23)12-16-6-10-20(24)11-7-16/h6-11,13,15H,2-5,12,14H2,1H3,(H,25,28). The van der Waals surface area contributed by atoms with Crippen molar-refractivity contribution in [2.24, 2.45) is 0 Å². The van der Waals surface area contributed by atoms with E-state index in [9.17, 15) is 9.18 Å². The van der Waals surface area contributed by atoms with E-state index in [2.05, 4.69) is 33.7 Å². The zero-order valence-electron chi connectivity index (χ0n) is 16.9. The number of hydrogen-bond acceptors (Lipinski definition) is 5. The van der Waals surface area contributed by atoms with Crippen LogP contribution in [0, 0.1) is 5.82 Å². The largest absolute Gasteiger partial charge is 0.439 e. The highest BCUT2D eigenvalue weighted by molar-refractivity contribution is 5.77. The van der Waals surface area contributed by atoms with Crippen LogP contribution >= 0.6 is 0 Å². The maximum absolute atomic E-state index is 13.0. The molecule has 1 aliphatic carbocycles. The Hall–Kier alpha value is -3.22. The molecule has 0 fully saturated rings. The molecule has 7 heteroatoms. The van der Waals surface area contributed by atoms with Crippen LogP contribution in [0.4, 0.5) is 4.39 Å². The molecule has 1 N–H and O–H groups in total. The van der Waals surface area contributed by atoms with Crippen LogP contribution < -0.4 is 10.1 Å². The molecule has 2 aromatic carbocycles. The van der Waals surface area contributed by atoms with Gasteiger partial charge in [0.05, 0.1) is 6.04 Å². The molecule has 1 amide bonds. The number of carbonyl (C=O) groups is 1. The molecule has 1 atom stereocenters. The number of rotatable bonds is 7. The van der Waals surface area contributed by atoms with Crippen LogP contribution in [0.5, 0.6) is 6.08 Å². The van der Waals surface area contributed by atoms with E-state index in [4.69, 9.17) is 9.26 Å². The number of benzene rings is 2. The SMILES string of the molecule is CC(NC(=O)COc1nc(Cc2ccc(F)cc2)no1)c1ccc2c(c1)CCCC2. The number of carbonyl (C=O) groups excluding carboxylic acids is 1. The minimum atomic E-state index is -0.300. The Bertz CT molecular complexity index is 1020. The highest BCUT2D eigenvalue weighted by atomic mass is 19.1. The monoisotopic (exact) mass is 409 g/mol. The first-order valence-corrected chi connectivity index (χ1v) is 10.2. The van der Waals surface area contributed by atoms with Gasteiger partial charge in [0.2, 0.25) is 0 Å². The molecule has 1 aliphatic rings. The summed E-state index contributed by atoms with van der Waals surface area (Å²) in [5.41, 5.74) is 4.74. The molecule has 0 bridgehead atoms. The molecule has 3 aromatic rings. The van der Waals surface area contributed by atoms with E-state index in [-0.39, 0.29) is 30.4 Å². The van der Waals surface area contributed by atoms with Gasteiger partial charge in [-0.25, -0.2) is 4.39 Å². The molecule has 4 rings (SSSR count). The number of halogens is 1. The third-order valence-electron chi connectivity index (χ3n) is 5.30. The molecule has 0 spiro atoms. The van der Waals surface area contributed by atoms with Gasteiger partial charge in [-0.2, -0.15) is 4.98 Å². The van der Waals surface area contributed by atoms with Crippen LogP contribution in [0.25, 0.3) is 0 Å². The van der Waals surface area contributed by atoms with Crippen molar-refractivity contribution >= 4 is 5.91 Å². The molecule has 6 nitrogen and oxygen atoms in total. The zero-order valence-corrected chi connectivity index (χ0v) is 16.9. The van der Waals surface area contributed by atoms with Crippen molar-refractivity contribution in [3.63, 3.8) is 0 Å². The number of amides is 1. The second-order valence-corrected chi connectivity index (χ2v) is 7.59. The van der Waals surface area contributed by atoms with E-state index in [0.717, 1.165) is 24.0 Å². The first-order chi connectivity index (χ1) is 14.6. The first-order valence-electron chi connectivity index (χ1n) is 10.2. The molecular weight excluding hydrogens is 385 g/mol. The van der Waals surface area contributed by atoms with E-state index < -0.39 is 0 Å². The van der Waals surface area contributed by atoms with Gasteiger partial charge in [-0.05, 0) is 67.0 Å². The van der Waals surface area contributed by atoms with Gasteiger partial charge in [-0.3, -0.25) is 9.32 Å². The lowest BCUT2D eigenvalue weighted by molar-refractivity contribution is -0.124. The van der Waals surface area contributed by atoms with E-state index >= 15 is 0 Å². The number of aromatic nitrogens is 2. The summed E-state index contributed by atoms with van der Waals surface area (Å²) in [5, 5.41) is 6.76. The molecule has 0 saturated heterocycles. The predicted octanol–water partition coefficient (Wildman–Crippen LogP) is 3.93. The minimum absolute atomic E-state index is 0.0660. The molecule has 1 heterocycles. The Labute approximate surface area is 174 Å². The lowest BCUT2D eigenvalue weighted by atomic mass is 9.89. The van der Waals surface area contributed by atoms with Gasteiger partial charge in [-0.15, -0.1) is 0 Å². The summed E-state index contributed by atoms with van der Waals surface area (Å²) in [5.74, 6) is -0.163. The quantitative estimate of drug-likeness (QED) is 0.640. The predicted molar refractivity (Wildman–Crippen MR) is 109 cm³/mol. The summed E-state index contributed by atoms with van der Waals surface area (Å²) in [6.07, 6.45) is 5.02. The second-order valence-electron chi connectivity index (χ2n) is 7.59. The summed E-state index contributed by atoms with van der Waals surface area (Å²) in [4.78, 5) is 16.4. The molecule has 156 valence electrons. The number of ether oxygens (including phenoxy) is 1. The Morgan fingerprint density at radius 2 is 1.93 bits per heavy atom. The van der Waals surface area contributed by atoms with E-state index in [0.29, 0.717) is 12.2 Å². The van der Waals surface area contributed by atoms with Crippen LogP contribution in [0.1, 0.15) is 53.9 Å². The van der Waals surface area contributed by atoms with Gasteiger partial charge in [0.1, 0.15) is 5.82 Å². The number of nitrogens with zero attached hydrogens (tertiary/aromatic N) is 2. The third kappa shape index (κ3) is 5.03. The minimum Gasteiger partial charge on any atom is -0.439 e. The smallest absolute Gasteiger partial charge is 0.417 e. The summed E-state index contributed by atoms with van der Waals surface area (Å²) in [6, 6.07) is 12.4. The Morgan fingerprint density at radius 1 is 1.17 bits per heavy atom. The van der Waals surface area contributed by atoms with Crippen LogP contribution in [0.2, 0.25) is 0 Å². The molecule has 30 heavy (non-hydrogen) atoms. The van der Waals surface area contributed by atoms with Crippen molar-refractivity contribution < 1.29 is 18.4 Å². The van der Waals surface area contributed by atoms with E-state index in [1.807, 2.05) is 6.92 Å². The fourth-order valence-corrected chi connectivity index (χ4v) is 3.67. The van der Waals surface area contributed by atoms with E-state index in [1.165, 1.54) is 36.1 Å². The molecule has 0 aliphatic heterocycles. The number of hydrogen-bond donors (Lipinski definition) is 1. The Morgan fingerprint density at radius 3 is 2.73 bits per heavy atom. The van der Waals surface area contributed by atoms with Crippen LogP contribution in [-0.4, -0.2) is 22.7 Å². The molecular formula is C23H24FN3O3. The van der Waals surface area contributed by atoms with Gasteiger partial charge in [-0.1, -0.05) is 35.5 Å². The molecule has 0 radical (unpaired) electrons. The topological polar surface area (TPSA) is 77.2 Å². The van der Waals surface area contributed by atoms with E-state index in [1.54, 1.807) is 12.1 Å². The number of nitrogens with one attached hydrogen (secondary N) is 1. The lowest BCUT2D eigenvalue weighted by Crippen LogP contribution is -2.31. The van der Waals surface area contributed by atoms with Gasteiger partial charge in [0.25, 0.3) is 5.91 Å². The average molecular weight is 409 g/mol. The lowest BCUT2D eigenvalue weighted by Gasteiger charge is -2.20. The fourth-order valence-electron chi connectivity index (χ4n) is 3.67. The summed E-state index contributed by atoms with van der Waals surface area (Å²) in [6.45, 7) is 1.74. The summed E-state index contributed by atoms with van der Waals surface area (Å²) in [7, 11) is 0. The number of aryl methyl sites for hydroxylation is 2. The van der Waals surface area contributed by atoms with Crippen LogP contribution in [0.3, 0.4) is 0 Å². The Kier molecular flexibility index (Phi) is 6.07. The average Bonchev–Trinajstić information content (AvgIpc) is 3.21. The van der Waals surface area contributed by atoms with Crippen molar-refractivity contribution in [3.8, 4) is 6.08 Å². The van der Waals surface area contributed by atoms with Gasteiger partial charge >= 0.3 is 6.08 Å². The fraction of sp³-hybridized carbons (Fsp3) is 0.348. The third-order valence-corrected chi connectivity index (χ3v) is 5.30. The molecule has 0 saturated carbocycles. The zero-order chi connectivity index (χ0) is 20.9. The molecule has 1 unspecified atom stereocenters. The number of fused-ring (bicyclic) bond motifs is 1. The highest BCUT2D eigenvalue weighted by Gasteiger charge is 2.15. The maximum Gasteiger partial charge on any atom is 0.417 e. The second kappa shape index (κ2) is 9.07. The van der Waals surface area contributed by atoms with Crippen molar-refractivity contribution in [1.29, 1.82) is 0 Å². The van der Waals surface area contributed by atoms with Gasteiger partial charge in [0.15, 0.2) is 12.4 Å². The van der Waals surface area contributed by atoms with Crippen molar-refractivity contribution in [2.45, 2.75) is 45.1 Å². The summed E-state index contributed by atoms with van der Waals surface area (Å²) >= 11 is 0. The van der Waals surface area contributed by atoms with Crippen LogP contribution in [0.15, 0.2) is 47.0 Å². The first kappa shape index (κ1) is 20.1.